The van der Waals surface area contributed by atoms with Crippen LogP contribution in [0.1, 0.15) is 30.9 Å². The molecule has 4 rings (SSSR count). The molecule has 0 spiro atoms. The van der Waals surface area contributed by atoms with E-state index in [-0.39, 0.29) is 0 Å². The summed E-state index contributed by atoms with van der Waals surface area (Å²) < 4.78 is 1.19. The largest absolute Gasteiger partial charge is 0.340 e. The maximum atomic E-state index is 5.51. The number of hydrogen-bond donors (Lipinski definition) is 4. The molecule has 0 aliphatic carbocycles. The van der Waals surface area contributed by atoms with E-state index in [9.17, 15) is 0 Å². The lowest BCUT2D eigenvalue weighted by Crippen LogP contribution is -2.32. The zero-order valence-corrected chi connectivity index (χ0v) is 16.5. The van der Waals surface area contributed by atoms with Crippen molar-refractivity contribution in [2.45, 2.75) is 19.8 Å². The average molecular weight is 391 g/mol. The molecule has 2 aromatic heterocycles. The highest BCUT2D eigenvalue weighted by molar-refractivity contribution is 7.18. The van der Waals surface area contributed by atoms with Crippen LogP contribution in [0, 0.1) is 0 Å². The smallest absolute Gasteiger partial charge is 0.166 e. The Bertz CT molecular complexity index is 1180. The van der Waals surface area contributed by atoms with Crippen LogP contribution in [0.25, 0.3) is 21.0 Å². The molecule has 2 aromatic carbocycles. The van der Waals surface area contributed by atoms with E-state index in [1.807, 2.05) is 18.2 Å². The van der Waals surface area contributed by atoms with Crippen LogP contribution in [0.15, 0.2) is 59.0 Å². The molecule has 142 valence electrons. The lowest BCUT2D eigenvalue weighted by atomic mass is 10.0. The normalized spacial score (nSPS) is 12.1. The van der Waals surface area contributed by atoms with Crippen LogP contribution in [0.3, 0.4) is 0 Å². The summed E-state index contributed by atoms with van der Waals surface area (Å²) in [5.74, 6) is 12.6. The first-order chi connectivity index (χ1) is 13.6. The van der Waals surface area contributed by atoms with E-state index in [0.29, 0.717) is 11.8 Å². The number of aromatic nitrogens is 1. The first-order valence-electron chi connectivity index (χ1n) is 9.03. The zero-order valence-electron chi connectivity index (χ0n) is 15.7. The fraction of sp³-hybridized carbons (Fsp3) is 0.143. The molecule has 28 heavy (non-hydrogen) atoms. The topological polar surface area (TPSA) is 101 Å². The Morgan fingerprint density at radius 1 is 1.11 bits per heavy atom. The molecule has 2 heterocycles. The van der Waals surface area contributed by atoms with Crippen molar-refractivity contribution in [3.63, 3.8) is 0 Å². The van der Waals surface area contributed by atoms with Crippen LogP contribution >= 0.6 is 11.3 Å². The molecule has 0 saturated carbocycles. The number of hydrogen-bond acceptors (Lipinski definition) is 6. The molecule has 0 bridgehead atoms. The van der Waals surface area contributed by atoms with Crippen LogP contribution in [0.4, 0.5) is 11.5 Å². The van der Waals surface area contributed by atoms with Crippen LogP contribution in [0.5, 0.6) is 0 Å². The van der Waals surface area contributed by atoms with Gasteiger partial charge in [0.2, 0.25) is 0 Å². The first-order valence-corrected chi connectivity index (χ1v) is 9.91. The van der Waals surface area contributed by atoms with Gasteiger partial charge >= 0.3 is 0 Å². The molecule has 7 heteroatoms. The molecular weight excluding hydrogens is 368 g/mol. The molecule has 0 aliphatic heterocycles. The second-order valence-electron chi connectivity index (χ2n) is 6.88. The molecule has 0 unspecified atom stereocenters. The third-order valence-corrected chi connectivity index (χ3v) is 5.70. The van der Waals surface area contributed by atoms with E-state index < -0.39 is 0 Å². The predicted molar refractivity (Wildman–Crippen MR) is 119 cm³/mol. The number of fused-ring (bicyclic) bond motifs is 3. The highest BCUT2D eigenvalue weighted by Crippen LogP contribution is 2.35. The maximum absolute atomic E-state index is 5.51. The van der Waals surface area contributed by atoms with Crippen molar-refractivity contribution in [1.82, 2.24) is 10.4 Å². The third-order valence-electron chi connectivity index (χ3n) is 4.75. The number of thiophene rings is 1. The summed E-state index contributed by atoms with van der Waals surface area (Å²) in [5.41, 5.74) is 6.47. The van der Waals surface area contributed by atoms with Crippen molar-refractivity contribution >= 4 is 49.7 Å². The second-order valence-corrected chi connectivity index (χ2v) is 7.80. The van der Waals surface area contributed by atoms with Gasteiger partial charge in [-0.15, -0.1) is 11.3 Å². The number of anilines is 2. The number of rotatable bonds is 4. The number of nitrogens with two attached hydrogens (primary N) is 2. The van der Waals surface area contributed by atoms with E-state index in [2.05, 4.69) is 65.4 Å². The van der Waals surface area contributed by atoms with Gasteiger partial charge in [0.05, 0.1) is 5.52 Å². The lowest BCUT2D eigenvalue weighted by molar-refractivity contribution is 0.867. The van der Waals surface area contributed by atoms with Gasteiger partial charge in [0.1, 0.15) is 5.82 Å². The van der Waals surface area contributed by atoms with Crippen LogP contribution in [-0.4, -0.2) is 10.8 Å². The number of nitrogens with one attached hydrogen (secondary N) is 2. The van der Waals surface area contributed by atoms with Crippen molar-refractivity contribution in [2.24, 2.45) is 16.8 Å². The highest BCUT2D eigenvalue weighted by atomic mass is 32.1. The van der Waals surface area contributed by atoms with Gasteiger partial charge in [-0.1, -0.05) is 38.1 Å². The summed E-state index contributed by atoms with van der Waals surface area (Å²) >= 11 is 1.70. The summed E-state index contributed by atoms with van der Waals surface area (Å²) in [7, 11) is 0. The van der Waals surface area contributed by atoms with Crippen LogP contribution in [-0.2, 0) is 0 Å². The lowest BCUT2D eigenvalue weighted by Gasteiger charge is -2.12. The Hall–Kier alpha value is -3.16. The number of amidine groups is 1. The average Bonchev–Trinajstić information content (AvgIpc) is 3.19. The molecule has 4 aromatic rings. The van der Waals surface area contributed by atoms with Crippen molar-refractivity contribution < 1.29 is 0 Å². The van der Waals surface area contributed by atoms with Crippen molar-refractivity contribution in [2.75, 3.05) is 5.32 Å². The molecule has 0 amide bonds. The van der Waals surface area contributed by atoms with Gasteiger partial charge in [-0.05, 0) is 41.1 Å². The molecular formula is C21H22N6S. The minimum absolute atomic E-state index is 0.411. The van der Waals surface area contributed by atoms with Gasteiger partial charge in [0.25, 0.3) is 0 Å². The highest BCUT2D eigenvalue weighted by Gasteiger charge is 2.12. The van der Waals surface area contributed by atoms with Gasteiger partial charge in [-0.25, -0.2) is 10.8 Å². The second kappa shape index (κ2) is 7.46. The molecule has 0 radical (unpaired) electrons. The van der Waals surface area contributed by atoms with Gasteiger partial charge in [0.15, 0.2) is 5.84 Å². The summed E-state index contributed by atoms with van der Waals surface area (Å²) in [5, 5.41) is 11.5. The van der Waals surface area contributed by atoms with E-state index in [0.717, 1.165) is 33.4 Å². The quantitative estimate of drug-likeness (QED) is 0.179. The Labute approximate surface area is 167 Å². The van der Waals surface area contributed by atoms with Gasteiger partial charge in [0, 0.05) is 26.7 Å². The van der Waals surface area contributed by atoms with E-state index >= 15 is 0 Å². The zero-order chi connectivity index (χ0) is 19.7. The van der Waals surface area contributed by atoms with Crippen LogP contribution < -0.4 is 22.4 Å². The molecule has 6 nitrogen and oxygen atoms in total. The monoisotopic (exact) mass is 390 g/mol. The van der Waals surface area contributed by atoms with Gasteiger partial charge in [-0.3, -0.25) is 0 Å². The Morgan fingerprint density at radius 3 is 2.71 bits per heavy atom. The number of pyridine rings is 1. The maximum Gasteiger partial charge on any atom is 0.166 e. The van der Waals surface area contributed by atoms with Crippen LogP contribution in [0.2, 0.25) is 0 Å². The molecule has 0 aliphatic rings. The SMILES string of the molecule is CC(C)c1cccc(Nc2nc3cc(/C(=N/N)NN)ccc3c3sccc23)c1. The molecule has 6 N–H and O–H groups in total. The van der Waals surface area contributed by atoms with E-state index in [1.165, 1.54) is 10.3 Å². The summed E-state index contributed by atoms with van der Waals surface area (Å²) in [6, 6.07) is 16.4. The summed E-state index contributed by atoms with van der Waals surface area (Å²) in [6.45, 7) is 4.38. The number of hydrazine groups is 1. The summed E-state index contributed by atoms with van der Waals surface area (Å²) in [6.07, 6.45) is 0. The van der Waals surface area contributed by atoms with Crippen molar-refractivity contribution in [3.8, 4) is 0 Å². The van der Waals surface area contributed by atoms with E-state index in [4.69, 9.17) is 16.7 Å². The Morgan fingerprint density at radius 2 is 1.96 bits per heavy atom. The fourth-order valence-electron chi connectivity index (χ4n) is 3.25. The molecule has 0 fully saturated rings. The minimum atomic E-state index is 0.411. The number of nitrogens with zero attached hydrogens (tertiary/aromatic N) is 2. The van der Waals surface area contributed by atoms with Crippen molar-refractivity contribution in [3.05, 3.63) is 65.0 Å². The number of benzene rings is 2. The summed E-state index contributed by atoms with van der Waals surface area (Å²) in [4.78, 5) is 4.89. The van der Waals surface area contributed by atoms with Crippen molar-refractivity contribution in [1.29, 1.82) is 0 Å². The Kier molecular flexibility index (Phi) is 4.85. The third kappa shape index (κ3) is 3.26. The minimum Gasteiger partial charge on any atom is -0.340 e. The van der Waals surface area contributed by atoms with E-state index in [1.54, 1.807) is 11.3 Å². The van der Waals surface area contributed by atoms with Gasteiger partial charge < -0.3 is 16.6 Å². The first kappa shape index (κ1) is 18.2. The molecule has 0 atom stereocenters. The predicted octanol–water partition coefficient (Wildman–Crippen LogP) is 4.40. The number of hydrazone groups is 1. The Balaban J connectivity index is 1.85. The van der Waals surface area contributed by atoms with Gasteiger partial charge in [-0.2, -0.15) is 5.10 Å². The standard InChI is InChI=1S/C21H22N6S/c1-12(2)13-4-3-5-15(10-13)24-21-17-8-9-28-19(17)16-7-6-14(11-18(16)25-21)20(26-22)27-23/h3-12H,22-23H2,1-2H3,(H,24,25)(H,26,27). The fourth-order valence-corrected chi connectivity index (χ4v) is 4.18. The molecule has 0 saturated heterocycles.